The van der Waals surface area contributed by atoms with E-state index in [1.165, 1.54) is 0 Å². The first-order chi connectivity index (χ1) is 11.1. The van der Waals surface area contributed by atoms with Gasteiger partial charge < -0.3 is 19.5 Å². The first kappa shape index (κ1) is 16.2. The van der Waals surface area contributed by atoms with Gasteiger partial charge in [-0.2, -0.15) is 0 Å². The van der Waals surface area contributed by atoms with Crippen molar-refractivity contribution in [2.45, 2.75) is 19.5 Å². The van der Waals surface area contributed by atoms with Gasteiger partial charge in [-0.3, -0.25) is 0 Å². The van der Waals surface area contributed by atoms with E-state index in [0.717, 1.165) is 11.1 Å². The molecule has 4 nitrogen and oxygen atoms in total. The maximum atomic E-state index is 6.25. The molecular weight excluding hydrogens is 337 g/mol. The van der Waals surface area contributed by atoms with Crippen LogP contribution >= 0.6 is 23.2 Å². The van der Waals surface area contributed by atoms with Crippen molar-refractivity contribution in [3.05, 3.63) is 51.5 Å². The molecule has 0 saturated carbocycles. The maximum Gasteiger partial charge on any atom is 0.231 e. The first-order valence-corrected chi connectivity index (χ1v) is 7.99. The number of halogens is 2. The molecule has 1 aliphatic heterocycles. The molecule has 122 valence electrons. The summed E-state index contributed by atoms with van der Waals surface area (Å²) in [5.41, 5.74) is 2.05. The number of rotatable bonds is 5. The van der Waals surface area contributed by atoms with E-state index < -0.39 is 0 Å². The highest BCUT2D eigenvalue weighted by Gasteiger charge is 2.20. The number of fused-ring (bicyclic) bond motifs is 1. The van der Waals surface area contributed by atoms with Crippen LogP contribution in [-0.4, -0.2) is 13.9 Å². The molecule has 2 aromatic rings. The fourth-order valence-corrected chi connectivity index (χ4v) is 3.09. The van der Waals surface area contributed by atoms with Gasteiger partial charge in [0, 0.05) is 22.6 Å². The summed E-state index contributed by atoms with van der Waals surface area (Å²) in [4.78, 5) is 0. The summed E-state index contributed by atoms with van der Waals surface area (Å²) >= 11 is 12.2. The molecule has 6 heteroatoms. The molecule has 0 aromatic heterocycles. The maximum absolute atomic E-state index is 6.25. The minimum Gasteiger partial charge on any atom is -0.493 e. The Hall–Kier alpha value is -1.62. The van der Waals surface area contributed by atoms with Crippen LogP contribution in [0.15, 0.2) is 30.3 Å². The second-order valence-electron chi connectivity index (χ2n) is 5.30. The third kappa shape index (κ3) is 3.50. The Morgan fingerprint density at radius 3 is 2.78 bits per heavy atom. The van der Waals surface area contributed by atoms with Crippen molar-refractivity contribution in [3.8, 4) is 17.2 Å². The lowest BCUT2D eigenvalue weighted by Gasteiger charge is -2.16. The summed E-state index contributed by atoms with van der Waals surface area (Å²) in [6, 6.07) is 9.49. The van der Waals surface area contributed by atoms with Gasteiger partial charge in [0.1, 0.15) is 0 Å². The van der Waals surface area contributed by atoms with Crippen molar-refractivity contribution in [3.63, 3.8) is 0 Å². The molecule has 1 unspecified atom stereocenters. The third-order valence-electron chi connectivity index (χ3n) is 3.76. The van der Waals surface area contributed by atoms with E-state index in [0.29, 0.717) is 33.8 Å². The number of ether oxygens (including phenoxy) is 3. The second-order valence-corrected chi connectivity index (χ2v) is 6.14. The molecule has 3 rings (SSSR count). The Morgan fingerprint density at radius 2 is 2.04 bits per heavy atom. The standard InChI is InChI=1S/C17H17Cl2NO3/c1-10(13-4-3-12(18)7-14(13)19)20-8-11-5-15(21-2)17-16(6-11)22-9-23-17/h3-7,10,20H,8-9H2,1-2H3. The predicted molar refractivity (Wildman–Crippen MR) is 90.8 cm³/mol. The summed E-state index contributed by atoms with van der Waals surface area (Å²) in [5.74, 6) is 2.04. The Balaban J connectivity index is 1.73. The zero-order valence-electron chi connectivity index (χ0n) is 12.9. The summed E-state index contributed by atoms with van der Waals surface area (Å²) in [6.45, 7) is 2.92. The molecule has 0 bridgehead atoms. The van der Waals surface area contributed by atoms with E-state index in [-0.39, 0.29) is 12.8 Å². The second kappa shape index (κ2) is 6.87. The lowest BCUT2D eigenvalue weighted by molar-refractivity contribution is 0.171. The molecule has 0 spiro atoms. The van der Waals surface area contributed by atoms with E-state index in [4.69, 9.17) is 37.4 Å². The lowest BCUT2D eigenvalue weighted by Crippen LogP contribution is -2.18. The molecule has 0 radical (unpaired) electrons. The van der Waals surface area contributed by atoms with Crippen molar-refractivity contribution in [2.75, 3.05) is 13.9 Å². The van der Waals surface area contributed by atoms with Crippen LogP contribution in [0, 0.1) is 0 Å². The quantitative estimate of drug-likeness (QED) is 0.853. The molecule has 1 N–H and O–H groups in total. The van der Waals surface area contributed by atoms with Crippen molar-refractivity contribution in [1.29, 1.82) is 0 Å². The monoisotopic (exact) mass is 353 g/mol. The van der Waals surface area contributed by atoms with E-state index in [1.54, 1.807) is 13.2 Å². The molecular formula is C17H17Cl2NO3. The van der Waals surface area contributed by atoms with Gasteiger partial charge in [-0.25, -0.2) is 0 Å². The SMILES string of the molecule is COc1cc(CNC(C)c2ccc(Cl)cc2Cl)cc2c1OCO2. The van der Waals surface area contributed by atoms with E-state index in [1.807, 2.05) is 24.3 Å². The predicted octanol–water partition coefficient (Wildman–Crippen LogP) is 4.58. The van der Waals surface area contributed by atoms with Crippen LogP contribution in [0.25, 0.3) is 0 Å². The number of benzene rings is 2. The number of hydrogen-bond acceptors (Lipinski definition) is 4. The Bertz CT molecular complexity index is 721. The van der Waals surface area contributed by atoms with Gasteiger partial charge in [0.05, 0.1) is 7.11 Å². The number of methoxy groups -OCH3 is 1. The minimum absolute atomic E-state index is 0.0798. The van der Waals surface area contributed by atoms with Crippen LogP contribution in [-0.2, 0) is 6.54 Å². The highest BCUT2D eigenvalue weighted by Crippen LogP contribution is 2.41. The van der Waals surface area contributed by atoms with Crippen molar-refractivity contribution in [1.82, 2.24) is 5.32 Å². The summed E-state index contributed by atoms with van der Waals surface area (Å²) in [7, 11) is 1.62. The molecule has 1 atom stereocenters. The average Bonchev–Trinajstić information content (AvgIpc) is 3.00. The van der Waals surface area contributed by atoms with Crippen LogP contribution in [0.4, 0.5) is 0 Å². The van der Waals surface area contributed by atoms with Gasteiger partial charge in [0.25, 0.3) is 0 Å². The van der Waals surface area contributed by atoms with Gasteiger partial charge in [-0.1, -0.05) is 29.3 Å². The molecule has 0 fully saturated rings. The van der Waals surface area contributed by atoms with Crippen LogP contribution in [0.2, 0.25) is 10.0 Å². The molecule has 0 amide bonds. The van der Waals surface area contributed by atoms with Crippen LogP contribution in [0.1, 0.15) is 24.1 Å². The molecule has 0 saturated heterocycles. The molecule has 23 heavy (non-hydrogen) atoms. The van der Waals surface area contributed by atoms with Crippen LogP contribution < -0.4 is 19.5 Å². The highest BCUT2D eigenvalue weighted by atomic mass is 35.5. The van der Waals surface area contributed by atoms with Gasteiger partial charge in [-0.05, 0) is 42.3 Å². The van der Waals surface area contributed by atoms with Gasteiger partial charge in [-0.15, -0.1) is 0 Å². The topological polar surface area (TPSA) is 39.7 Å². The zero-order chi connectivity index (χ0) is 16.4. The molecule has 0 aliphatic carbocycles. The van der Waals surface area contributed by atoms with E-state index in [9.17, 15) is 0 Å². The number of nitrogens with one attached hydrogen (secondary N) is 1. The van der Waals surface area contributed by atoms with Gasteiger partial charge in [0.2, 0.25) is 12.5 Å². The third-order valence-corrected chi connectivity index (χ3v) is 4.32. The lowest BCUT2D eigenvalue weighted by atomic mass is 10.1. The minimum atomic E-state index is 0.0798. The zero-order valence-corrected chi connectivity index (χ0v) is 14.4. The van der Waals surface area contributed by atoms with Gasteiger partial charge >= 0.3 is 0 Å². The summed E-state index contributed by atoms with van der Waals surface area (Å²) in [5, 5.41) is 4.72. The van der Waals surface area contributed by atoms with Gasteiger partial charge in [0.15, 0.2) is 11.5 Å². The van der Waals surface area contributed by atoms with Crippen molar-refractivity contribution < 1.29 is 14.2 Å². The fourth-order valence-electron chi connectivity index (χ4n) is 2.52. The van der Waals surface area contributed by atoms with Crippen LogP contribution in [0.5, 0.6) is 17.2 Å². The normalized spacial score (nSPS) is 13.9. The first-order valence-electron chi connectivity index (χ1n) is 7.23. The molecule has 1 heterocycles. The summed E-state index contributed by atoms with van der Waals surface area (Å²) < 4.78 is 16.2. The largest absolute Gasteiger partial charge is 0.493 e. The van der Waals surface area contributed by atoms with E-state index >= 15 is 0 Å². The average molecular weight is 354 g/mol. The van der Waals surface area contributed by atoms with E-state index in [2.05, 4.69) is 12.2 Å². The Kier molecular flexibility index (Phi) is 4.85. The molecule has 1 aliphatic rings. The van der Waals surface area contributed by atoms with Crippen molar-refractivity contribution >= 4 is 23.2 Å². The number of hydrogen-bond donors (Lipinski definition) is 1. The smallest absolute Gasteiger partial charge is 0.231 e. The van der Waals surface area contributed by atoms with Crippen LogP contribution in [0.3, 0.4) is 0 Å². The highest BCUT2D eigenvalue weighted by molar-refractivity contribution is 6.35. The summed E-state index contributed by atoms with van der Waals surface area (Å²) in [6.07, 6.45) is 0. The van der Waals surface area contributed by atoms with Crippen molar-refractivity contribution in [2.24, 2.45) is 0 Å². The Labute approximate surface area is 145 Å². The molecule has 2 aromatic carbocycles. The fraction of sp³-hybridized carbons (Fsp3) is 0.294. The Morgan fingerprint density at radius 1 is 1.22 bits per heavy atom.